The van der Waals surface area contributed by atoms with E-state index in [0.717, 1.165) is 94.1 Å². The van der Waals surface area contributed by atoms with E-state index in [1.165, 1.54) is 5.56 Å². The minimum atomic E-state index is -0.813. The van der Waals surface area contributed by atoms with Crippen molar-refractivity contribution in [3.05, 3.63) is 53.6 Å². The number of aliphatic hydroxyl groups is 1. The van der Waals surface area contributed by atoms with Crippen LogP contribution < -0.4 is 14.2 Å². The average molecular weight is 525 g/mol. The van der Waals surface area contributed by atoms with Crippen molar-refractivity contribution in [2.45, 2.75) is 70.4 Å². The van der Waals surface area contributed by atoms with Crippen LogP contribution in [0.1, 0.15) is 62.5 Å². The van der Waals surface area contributed by atoms with Crippen molar-refractivity contribution in [2.24, 2.45) is 0 Å². The van der Waals surface area contributed by atoms with Crippen LogP contribution in [0.5, 0.6) is 17.2 Å². The van der Waals surface area contributed by atoms with Crippen molar-refractivity contribution in [3.8, 4) is 17.2 Å². The number of likely N-dealkylation sites (tertiary alicyclic amines) is 2. The molecule has 7 nitrogen and oxygen atoms in total. The van der Waals surface area contributed by atoms with Crippen LogP contribution >= 0.6 is 0 Å². The van der Waals surface area contributed by atoms with Gasteiger partial charge in [0.1, 0.15) is 12.4 Å². The lowest BCUT2D eigenvalue weighted by molar-refractivity contribution is -0.130. The van der Waals surface area contributed by atoms with E-state index in [1.54, 1.807) is 7.11 Å². The monoisotopic (exact) mass is 524 g/mol. The molecule has 0 bridgehead atoms. The molecule has 2 aliphatic rings. The predicted molar refractivity (Wildman–Crippen MR) is 149 cm³/mol. The van der Waals surface area contributed by atoms with Crippen LogP contribution in [-0.2, 0) is 11.3 Å². The van der Waals surface area contributed by atoms with Crippen LogP contribution in [0, 0.1) is 6.92 Å². The van der Waals surface area contributed by atoms with Crippen molar-refractivity contribution in [1.29, 1.82) is 0 Å². The molecule has 7 heteroatoms. The molecule has 2 heterocycles. The summed E-state index contributed by atoms with van der Waals surface area (Å²) in [6.45, 7) is 7.07. The van der Waals surface area contributed by atoms with Gasteiger partial charge >= 0.3 is 0 Å². The summed E-state index contributed by atoms with van der Waals surface area (Å²) < 4.78 is 17.6. The Morgan fingerprint density at radius 2 is 1.76 bits per heavy atom. The molecule has 2 aromatic carbocycles. The molecule has 4 rings (SSSR count). The Kier molecular flexibility index (Phi) is 10.3. The molecule has 38 heavy (non-hydrogen) atoms. The van der Waals surface area contributed by atoms with E-state index in [-0.39, 0.29) is 5.91 Å². The second-order valence-electron chi connectivity index (χ2n) is 10.8. The Labute approximate surface area is 227 Å². The highest BCUT2D eigenvalue weighted by Gasteiger charge is 2.31. The lowest BCUT2D eigenvalue weighted by atomic mass is 9.96. The molecule has 1 N–H and O–H groups in total. The SMILES string of the molecule is COc1cc(CN2CCCC(O)(COc3ccc(C)cc3)CC2)ccc1OCCCN1CCCCCC1=O. The number of hydrogen-bond acceptors (Lipinski definition) is 6. The fourth-order valence-electron chi connectivity index (χ4n) is 5.29. The Balaban J connectivity index is 1.24. The number of aryl methyl sites for hydroxylation is 1. The van der Waals surface area contributed by atoms with Crippen LogP contribution in [0.15, 0.2) is 42.5 Å². The zero-order valence-corrected chi connectivity index (χ0v) is 23.1. The summed E-state index contributed by atoms with van der Waals surface area (Å²) in [5.74, 6) is 2.54. The third-order valence-electron chi connectivity index (χ3n) is 7.67. The largest absolute Gasteiger partial charge is 0.493 e. The summed E-state index contributed by atoms with van der Waals surface area (Å²) >= 11 is 0. The van der Waals surface area contributed by atoms with Gasteiger partial charge in [0.05, 0.1) is 19.3 Å². The number of benzene rings is 2. The summed E-state index contributed by atoms with van der Waals surface area (Å²) in [4.78, 5) is 16.5. The highest BCUT2D eigenvalue weighted by molar-refractivity contribution is 5.76. The minimum absolute atomic E-state index is 0.273. The van der Waals surface area contributed by atoms with Gasteiger partial charge in [0.2, 0.25) is 5.91 Å². The van der Waals surface area contributed by atoms with E-state index in [4.69, 9.17) is 14.2 Å². The van der Waals surface area contributed by atoms with Crippen LogP contribution in [0.3, 0.4) is 0 Å². The second kappa shape index (κ2) is 13.9. The van der Waals surface area contributed by atoms with Gasteiger partial charge in [0, 0.05) is 32.6 Å². The number of carbonyl (C=O) groups is 1. The van der Waals surface area contributed by atoms with Gasteiger partial charge in [0.15, 0.2) is 11.5 Å². The van der Waals surface area contributed by atoms with Gasteiger partial charge in [0.25, 0.3) is 0 Å². The second-order valence-corrected chi connectivity index (χ2v) is 10.8. The molecule has 1 amide bonds. The zero-order valence-electron chi connectivity index (χ0n) is 23.1. The molecular weight excluding hydrogens is 480 g/mol. The van der Waals surface area contributed by atoms with Crippen LogP contribution in [0.4, 0.5) is 0 Å². The maximum Gasteiger partial charge on any atom is 0.222 e. The smallest absolute Gasteiger partial charge is 0.222 e. The van der Waals surface area contributed by atoms with Gasteiger partial charge in [-0.1, -0.05) is 30.2 Å². The molecule has 0 radical (unpaired) electrons. The summed E-state index contributed by atoms with van der Waals surface area (Å²) in [6.07, 6.45) is 7.06. The molecule has 2 saturated heterocycles. The van der Waals surface area contributed by atoms with Crippen LogP contribution in [0.2, 0.25) is 0 Å². The van der Waals surface area contributed by atoms with E-state index < -0.39 is 5.60 Å². The number of carbonyl (C=O) groups excluding carboxylic acids is 1. The maximum absolute atomic E-state index is 12.2. The van der Waals surface area contributed by atoms with E-state index in [1.807, 2.05) is 41.3 Å². The zero-order chi connectivity index (χ0) is 26.8. The lowest BCUT2D eigenvalue weighted by Crippen LogP contribution is -2.37. The van der Waals surface area contributed by atoms with Crippen LogP contribution in [-0.4, -0.2) is 72.9 Å². The van der Waals surface area contributed by atoms with E-state index in [9.17, 15) is 9.90 Å². The van der Waals surface area contributed by atoms with Crippen molar-refractivity contribution in [2.75, 3.05) is 46.5 Å². The van der Waals surface area contributed by atoms with E-state index >= 15 is 0 Å². The molecular formula is C31H44N2O5. The van der Waals surface area contributed by atoms with Gasteiger partial charge < -0.3 is 24.2 Å². The Bertz CT molecular complexity index is 1030. The Morgan fingerprint density at radius 1 is 0.921 bits per heavy atom. The molecule has 208 valence electrons. The Morgan fingerprint density at radius 3 is 2.58 bits per heavy atom. The highest BCUT2D eigenvalue weighted by atomic mass is 16.5. The summed E-state index contributed by atoms with van der Waals surface area (Å²) in [6, 6.07) is 14.1. The van der Waals surface area contributed by atoms with Crippen molar-refractivity contribution in [3.63, 3.8) is 0 Å². The normalized spacial score (nSPS) is 21.0. The van der Waals surface area contributed by atoms with Gasteiger partial charge in [-0.25, -0.2) is 0 Å². The minimum Gasteiger partial charge on any atom is -0.493 e. The topological polar surface area (TPSA) is 71.5 Å². The van der Waals surface area contributed by atoms with Crippen LogP contribution in [0.25, 0.3) is 0 Å². The van der Waals surface area contributed by atoms with E-state index in [0.29, 0.717) is 26.1 Å². The molecule has 2 aromatic rings. The molecule has 0 aliphatic carbocycles. The van der Waals surface area contributed by atoms with Crippen molar-refractivity contribution < 1.29 is 24.1 Å². The lowest BCUT2D eigenvalue weighted by Gasteiger charge is -2.27. The molecule has 0 saturated carbocycles. The van der Waals surface area contributed by atoms with Gasteiger partial charge in [-0.05, 0) is 81.8 Å². The first-order chi connectivity index (χ1) is 18.4. The number of ether oxygens (including phenoxy) is 3. The molecule has 0 aromatic heterocycles. The fraction of sp³-hybridized carbons (Fsp3) is 0.581. The molecule has 2 aliphatic heterocycles. The third-order valence-corrected chi connectivity index (χ3v) is 7.67. The summed E-state index contributed by atoms with van der Waals surface area (Å²) in [5.41, 5.74) is 1.54. The first-order valence-electron chi connectivity index (χ1n) is 14.2. The quantitative estimate of drug-likeness (QED) is 0.419. The molecule has 1 atom stereocenters. The molecule has 2 fully saturated rings. The van der Waals surface area contributed by atoms with Crippen molar-refractivity contribution >= 4 is 5.91 Å². The third kappa shape index (κ3) is 8.37. The highest BCUT2D eigenvalue weighted by Crippen LogP contribution is 2.30. The number of rotatable bonds is 11. The number of methoxy groups -OCH3 is 1. The average Bonchev–Trinajstić information content (AvgIpc) is 3.24. The summed E-state index contributed by atoms with van der Waals surface area (Å²) in [7, 11) is 1.67. The van der Waals surface area contributed by atoms with E-state index in [2.05, 4.69) is 17.9 Å². The number of nitrogens with zero attached hydrogens (tertiary/aromatic N) is 2. The number of hydrogen-bond donors (Lipinski definition) is 1. The first-order valence-corrected chi connectivity index (χ1v) is 14.2. The number of amides is 1. The predicted octanol–water partition coefficient (Wildman–Crippen LogP) is 4.97. The standard InChI is InChI=1S/C31H44N2O5/c1-25-9-12-27(13-10-25)38-24-31(35)15-6-17-32(20-16-31)23-26-11-14-28(29(22-26)36-2)37-21-7-19-33-18-5-3-4-8-30(33)34/h9-14,22,35H,3-8,15-21,23-24H2,1-2H3. The van der Waals surface area contributed by atoms with Gasteiger partial charge in [-0.15, -0.1) is 0 Å². The van der Waals surface area contributed by atoms with Gasteiger partial charge in [-0.3, -0.25) is 9.69 Å². The van der Waals surface area contributed by atoms with Crippen molar-refractivity contribution in [1.82, 2.24) is 9.80 Å². The molecule has 1 unspecified atom stereocenters. The van der Waals surface area contributed by atoms with Gasteiger partial charge in [-0.2, -0.15) is 0 Å². The Hall–Kier alpha value is -2.77. The fourth-order valence-corrected chi connectivity index (χ4v) is 5.29. The molecule has 0 spiro atoms. The maximum atomic E-state index is 12.2. The first kappa shape index (κ1) is 28.2. The summed E-state index contributed by atoms with van der Waals surface area (Å²) in [5, 5.41) is 11.2.